The Kier molecular flexibility index (Phi) is 13.2. The molecule has 0 radical (unpaired) electrons. The van der Waals surface area contributed by atoms with Crippen molar-refractivity contribution in [2.75, 3.05) is 13.7 Å². The maximum Gasteiger partial charge on any atom is 0.223 e. The number of nitrogens with one attached hydrogen (secondary N) is 1. The minimum atomic E-state index is -0.167. The van der Waals surface area contributed by atoms with Gasteiger partial charge in [-0.2, -0.15) is 5.10 Å². The monoisotopic (exact) mass is 604 g/mol. The van der Waals surface area contributed by atoms with E-state index in [1.165, 1.54) is 6.21 Å². The Morgan fingerprint density at radius 2 is 1.68 bits per heavy atom. The molecule has 2 unspecified atom stereocenters. The lowest BCUT2D eigenvalue weighted by Gasteiger charge is -2.27. The Balaban J connectivity index is 0.000000661. The number of hydrogen-bond acceptors (Lipinski definition) is 5. The van der Waals surface area contributed by atoms with Crippen molar-refractivity contribution >= 4 is 28.6 Å². The van der Waals surface area contributed by atoms with Crippen LogP contribution in [0.4, 0.5) is 0 Å². The lowest BCUT2D eigenvalue weighted by atomic mass is 9.84. The van der Waals surface area contributed by atoms with Gasteiger partial charge in [0.15, 0.2) is 0 Å². The molecule has 0 spiro atoms. The fourth-order valence-electron chi connectivity index (χ4n) is 4.84. The second-order valence-corrected chi connectivity index (χ2v) is 12.8. The molecule has 1 saturated heterocycles. The summed E-state index contributed by atoms with van der Waals surface area (Å²) in [5, 5.41) is 13.4. The number of amides is 1. The predicted molar refractivity (Wildman–Crippen MR) is 185 cm³/mol. The average molecular weight is 605 g/mol. The third kappa shape index (κ3) is 8.73. The number of carbonyl (C=O) groups is 1. The summed E-state index contributed by atoms with van der Waals surface area (Å²) < 4.78 is 13.7. The molecular formula is C37H56N4O3. The van der Waals surface area contributed by atoms with Gasteiger partial charge in [0.05, 0.1) is 24.1 Å². The summed E-state index contributed by atoms with van der Waals surface area (Å²) in [5.74, 6) is 2.56. The van der Waals surface area contributed by atoms with Gasteiger partial charge in [0.2, 0.25) is 5.91 Å². The van der Waals surface area contributed by atoms with Gasteiger partial charge in [-0.1, -0.05) is 66.7 Å². The molecular weight excluding hydrogens is 548 g/mol. The summed E-state index contributed by atoms with van der Waals surface area (Å²) in [6.45, 7) is 24.0. The van der Waals surface area contributed by atoms with Crippen LogP contribution in [-0.4, -0.2) is 46.6 Å². The standard InChI is InChI=1S/C28H34N4O3.C7H16.C2H6/c1-7-20(15-29)22-12-25-28(18(3)31(5)30-25)26(13-22)35-19(4)23-14-27(33)32(16-23)17(2)21-8-10-24(34-6)11-9-21;1-6(2)7(3,4)5;1-2/h7-13,15,17,19,23,29H,14,16H2,1-6H3;6H,1-5H3;1-2H3/b20-7+,29-15?;;/t17?,19-,23?;;/m1../s1. The van der Waals surface area contributed by atoms with Crippen LogP contribution in [0.25, 0.3) is 16.5 Å². The third-order valence-corrected chi connectivity index (χ3v) is 8.95. The van der Waals surface area contributed by atoms with Crippen molar-refractivity contribution < 1.29 is 14.3 Å². The molecule has 1 amide bonds. The molecule has 1 fully saturated rings. The Labute approximate surface area is 266 Å². The number of likely N-dealkylation sites (tertiary alicyclic amines) is 1. The Morgan fingerprint density at radius 3 is 2.18 bits per heavy atom. The minimum absolute atomic E-state index is 0.0222. The Hall–Kier alpha value is -3.61. The van der Waals surface area contributed by atoms with Crippen LogP contribution in [0.3, 0.4) is 0 Å². The largest absolute Gasteiger partial charge is 0.497 e. The van der Waals surface area contributed by atoms with Crippen LogP contribution in [-0.2, 0) is 11.8 Å². The van der Waals surface area contributed by atoms with Gasteiger partial charge in [-0.3, -0.25) is 9.48 Å². The minimum Gasteiger partial charge on any atom is -0.497 e. The van der Waals surface area contributed by atoms with E-state index < -0.39 is 0 Å². The third-order valence-electron chi connectivity index (χ3n) is 8.95. The zero-order chi connectivity index (χ0) is 33.4. The van der Waals surface area contributed by atoms with Crippen LogP contribution in [0.5, 0.6) is 11.5 Å². The van der Waals surface area contributed by atoms with Gasteiger partial charge in [-0.25, -0.2) is 0 Å². The van der Waals surface area contributed by atoms with Gasteiger partial charge in [-0.15, -0.1) is 0 Å². The summed E-state index contributed by atoms with van der Waals surface area (Å²) in [7, 11) is 3.57. The zero-order valence-corrected chi connectivity index (χ0v) is 29.4. The van der Waals surface area contributed by atoms with Crippen LogP contribution >= 0.6 is 0 Å². The van der Waals surface area contributed by atoms with Crippen molar-refractivity contribution in [2.24, 2.45) is 24.3 Å². The average Bonchev–Trinajstić information content (AvgIpc) is 3.52. The lowest BCUT2D eigenvalue weighted by Crippen LogP contribution is -2.31. The van der Waals surface area contributed by atoms with Crippen LogP contribution in [0, 0.1) is 29.6 Å². The first-order valence-electron chi connectivity index (χ1n) is 16.0. The fraction of sp³-hybridized carbons (Fsp3) is 0.541. The van der Waals surface area contributed by atoms with Crippen molar-refractivity contribution in [2.45, 2.75) is 94.7 Å². The molecule has 1 aliphatic heterocycles. The number of hydrogen-bond donors (Lipinski definition) is 1. The maximum atomic E-state index is 13.0. The highest BCUT2D eigenvalue weighted by atomic mass is 16.5. The van der Waals surface area contributed by atoms with Crippen LogP contribution < -0.4 is 9.47 Å². The predicted octanol–water partition coefficient (Wildman–Crippen LogP) is 9.03. The molecule has 2 heterocycles. The Bertz CT molecular complexity index is 1410. The Morgan fingerprint density at radius 1 is 1.09 bits per heavy atom. The summed E-state index contributed by atoms with van der Waals surface area (Å²) in [5.41, 5.74) is 5.14. The first kappa shape index (κ1) is 36.6. The molecule has 7 heteroatoms. The quantitative estimate of drug-likeness (QED) is 0.260. The molecule has 7 nitrogen and oxygen atoms in total. The van der Waals surface area contributed by atoms with E-state index in [0.717, 1.165) is 50.7 Å². The molecule has 0 saturated carbocycles. The van der Waals surface area contributed by atoms with E-state index in [1.54, 1.807) is 7.11 Å². The van der Waals surface area contributed by atoms with E-state index in [4.69, 9.17) is 14.9 Å². The molecule has 1 aromatic heterocycles. The summed E-state index contributed by atoms with van der Waals surface area (Å²) in [6, 6.07) is 11.8. The summed E-state index contributed by atoms with van der Waals surface area (Å²) in [6.07, 6.45) is 3.54. The van der Waals surface area contributed by atoms with Crippen LogP contribution in [0.1, 0.15) is 98.5 Å². The van der Waals surface area contributed by atoms with E-state index in [2.05, 4.69) is 46.6 Å². The number of nitrogens with zero attached hydrogens (tertiary/aromatic N) is 3. The number of aryl methyl sites for hydroxylation is 2. The number of fused-ring (bicyclic) bond motifs is 1. The second kappa shape index (κ2) is 15.9. The molecule has 3 atom stereocenters. The van der Waals surface area contributed by atoms with Gasteiger partial charge in [0, 0.05) is 37.8 Å². The van der Waals surface area contributed by atoms with Gasteiger partial charge in [-0.05, 0) is 80.0 Å². The SMILES string of the molecule is C/C=C(\C=N)c1cc(O[C@H](C)C2CC(=O)N(C(C)c3ccc(OC)cc3)C2)c2c(C)n(C)nc2c1.CC.CC(C)C(C)(C)C. The number of aromatic nitrogens is 2. The summed E-state index contributed by atoms with van der Waals surface area (Å²) in [4.78, 5) is 14.9. The molecule has 44 heavy (non-hydrogen) atoms. The number of methoxy groups -OCH3 is 1. The van der Waals surface area contributed by atoms with E-state index in [0.29, 0.717) is 18.4 Å². The molecule has 1 N–H and O–H groups in total. The number of ether oxygens (including phenoxy) is 2. The molecule has 3 aromatic rings. The van der Waals surface area contributed by atoms with Crippen LogP contribution in [0.2, 0.25) is 0 Å². The van der Waals surface area contributed by atoms with Gasteiger partial charge < -0.3 is 19.8 Å². The molecule has 0 aliphatic carbocycles. The molecule has 242 valence electrons. The van der Waals surface area contributed by atoms with Crippen molar-refractivity contribution in [3.8, 4) is 11.5 Å². The van der Waals surface area contributed by atoms with Gasteiger partial charge in [0.1, 0.15) is 17.6 Å². The van der Waals surface area contributed by atoms with Gasteiger partial charge >= 0.3 is 0 Å². The molecule has 2 aromatic carbocycles. The van der Waals surface area contributed by atoms with Crippen molar-refractivity contribution in [1.82, 2.24) is 14.7 Å². The topological polar surface area (TPSA) is 80.4 Å². The molecule has 0 bridgehead atoms. The zero-order valence-electron chi connectivity index (χ0n) is 29.4. The summed E-state index contributed by atoms with van der Waals surface area (Å²) >= 11 is 0. The van der Waals surface area contributed by atoms with E-state index in [1.807, 2.05) is 93.7 Å². The van der Waals surface area contributed by atoms with Crippen molar-refractivity contribution in [1.29, 1.82) is 5.41 Å². The first-order chi connectivity index (χ1) is 20.7. The van der Waals surface area contributed by atoms with E-state index in [-0.39, 0.29) is 24.0 Å². The normalized spacial score (nSPS) is 16.6. The smallest absolute Gasteiger partial charge is 0.223 e. The number of rotatable bonds is 8. The number of carbonyl (C=O) groups excluding carboxylic acids is 1. The molecule has 4 rings (SSSR count). The van der Waals surface area contributed by atoms with Crippen molar-refractivity contribution in [3.05, 3.63) is 59.3 Å². The van der Waals surface area contributed by atoms with Crippen molar-refractivity contribution in [3.63, 3.8) is 0 Å². The fourth-order valence-corrected chi connectivity index (χ4v) is 4.84. The van der Waals surface area contributed by atoms with E-state index in [9.17, 15) is 4.79 Å². The highest BCUT2D eigenvalue weighted by molar-refractivity contribution is 6.09. The van der Waals surface area contributed by atoms with E-state index >= 15 is 0 Å². The highest BCUT2D eigenvalue weighted by Crippen LogP contribution is 2.36. The highest BCUT2D eigenvalue weighted by Gasteiger charge is 2.37. The van der Waals surface area contributed by atoms with Crippen LogP contribution in [0.15, 0.2) is 42.5 Å². The number of allylic oxidation sites excluding steroid dienone is 2. The lowest BCUT2D eigenvalue weighted by molar-refractivity contribution is -0.129. The number of benzene rings is 2. The maximum absolute atomic E-state index is 13.0. The second-order valence-electron chi connectivity index (χ2n) is 12.8. The van der Waals surface area contributed by atoms with Gasteiger partial charge in [0.25, 0.3) is 0 Å². The molecule has 1 aliphatic rings. The first-order valence-corrected chi connectivity index (χ1v) is 16.0.